The molecule has 2 aromatic rings. The van der Waals surface area contributed by atoms with Crippen LogP contribution in [0.5, 0.6) is 11.5 Å². The highest BCUT2D eigenvalue weighted by Gasteiger charge is 2.32. The lowest BCUT2D eigenvalue weighted by atomic mass is 10.2. The number of nitrogens with zero attached hydrogens (tertiary/aromatic N) is 1. The van der Waals surface area contributed by atoms with E-state index in [1.807, 2.05) is 0 Å². The van der Waals surface area contributed by atoms with Gasteiger partial charge in [-0.15, -0.1) is 0 Å². The van der Waals surface area contributed by atoms with Gasteiger partial charge in [0.15, 0.2) is 5.75 Å². The zero-order valence-corrected chi connectivity index (χ0v) is 13.9. The molecular weight excluding hydrogens is 388 g/mol. The number of nitro benzene ring substituents is 1. The standard InChI is InChI=1S/C14H9Cl2F3N2O4/c1-24-20-11-6-8(2-3-12(11)21(22)23)25-13-9(15)4-7(5-10(13)16)14(17,18)19/h2-6,20H,1H3. The van der Waals surface area contributed by atoms with Gasteiger partial charge in [-0.3, -0.25) is 20.4 Å². The van der Waals surface area contributed by atoms with Gasteiger partial charge < -0.3 is 4.74 Å². The van der Waals surface area contributed by atoms with Crippen LogP contribution in [-0.2, 0) is 11.0 Å². The van der Waals surface area contributed by atoms with Crippen molar-refractivity contribution in [1.29, 1.82) is 0 Å². The van der Waals surface area contributed by atoms with Crippen molar-refractivity contribution >= 4 is 34.6 Å². The van der Waals surface area contributed by atoms with E-state index < -0.39 is 16.7 Å². The van der Waals surface area contributed by atoms with Crippen LogP contribution in [0.3, 0.4) is 0 Å². The third-order valence-electron chi connectivity index (χ3n) is 2.92. The Balaban J connectivity index is 2.40. The predicted octanol–water partition coefficient (Wildman–Crippen LogP) is 5.69. The number of rotatable bonds is 5. The number of hydrogen-bond donors (Lipinski definition) is 1. The summed E-state index contributed by atoms with van der Waals surface area (Å²) in [6.07, 6.45) is -4.62. The molecule has 6 nitrogen and oxygen atoms in total. The highest BCUT2D eigenvalue weighted by atomic mass is 35.5. The molecule has 0 saturated carbocycles. The Bertz CT molecular complexity index is 792. The Morgan fingerprint density at radius 2 is 1.76 bits per heavy atom. The summed E-state index contributed by atoms with van der Waals surface area (Å²) >= 11 is 11.6. The lowest BCUT2D eigenvalue weighted by molar-refractivity contribution is -0.384. The van der Waals surface area contributed by atoms with Gasteiger partial charge in [-0.05, 0) is 18.2 Å². The maximum absolute atomic E-state index is 12.7. The molecule has 1 N–H and O–H groups in total. The summed E-state index contributed by atoms with van der Waals surface area (Å²) in [5, 5.41) is 10.2. The average molecular weight is 397 g/mol. The van der Waals surface area contributed by atoms with Crippen molar-refractivity contribution in [3.8, 4) is 11.5 Å². The van der Waals surface area contributed by atoms with Crippen molar-refractivity contribution in [3.05, 3.63) is 56.1 Å². The molecular formula is C14H9Cl2F3N2O4. The second-order valence-electron chi connectivity index (χ2n) is 4.61. The molecule has 0 saturated heterocycles. The number of hydrogen-bond acceptors (Lipinski definition) is 5. The first-order valence-electron chi connectivity index (χ1n) is 6.45. The van der Waals surface area contributed by atoms with Crippen LogP contribution in [0, 0.1) is 10.1 Å². The average Bonchev–Trinajstić information content (AvgIpc) is 2.50. The topological polar surface area (TPSA) is 73.6 Å². The monoisotopic (exact) mass is 396 g/mol. The molecule has 0 aromatic heterocycles. The minimum absolute atomic E-state index is 0.0239. The second kappa shape index (κ2) is 7.34. The zero-order chi connectivity index (χ0) is 18.8. The van der Waals surface area contributed by atoms with Gasteiger partial charge >= 0.3 is 6.18 Å². The molecule has 11 heteroatoms. The van der Waals surface area contributed by atoms with Crippen LogP contribution in [0.1, 0.15) is 5.56 Å². The van der Waals surface area contributed by atoms with Gasteiger partial charge in [0.1, 0.15) is 11.4 Å². The Hall–Kier alpha value is -2.23. The summed E-state index contributed by atoms with van der Waals surface area (Å²) in [5.41, 5.74) is 0.961. The number of nitro groups is 1. The van der Waals surface area contributed by atoms with E-state index in [0.29, 0.717) is 12.1 Å². The smallest absolute Gasteiger partial charge is 0.416 e. The molecule has 0 spiro atoms. The van der Waals surface area contributed by atoms with E-state index in [-0.39, 0.29) is 32.9 Å². The molecule has 0 aliphatic heterocycles. The van der Waals surface area contributed by atoms with E-state index in [2.05, 4.69) is 10.3 Å². The van der Waals surface area contributed by atoms with Crippen molar-refractivity contribution < 1.29 is 27.7 Å². The molecule has 0 heterocycles. The minimum Gasteiger partial charge on any atom is -0.454 e. The van der Waals surface area contributed by atoms with Crippen LogP contribution in [0.15, 0.2) is 30.3 Å². The molecule has 2 aromatic carbocycles. The van der Waals surface area contributed by atoms with Crippen molar-refractivity contribution in [2.75, 3.05) is 12.6 Å². The van der Waals surface area contributed by atoms with Gasteiger partial charge in [0.25, 0.3) is 5.69 Å². The normalized spacial score (nSPS) is 11.3. The van der Waals surface area contributed by atoms with E-state index >= 15 is 0 Å². The number of anilines is 1. The number of ether oxygens (including phenoxy) is 1. The van der Waals surface area contributed by atoms with E-state index in [0.717, 1.165) is 6.07 Å². The minimum atomic E-state index is -4.62. The lowest BCUT2D eigenvalue weighted by Gasteiger charge is -2.14. The van der Waals surface area contributed by atoms with Crippen molar-refractivity contribution in [2.45, 2.75) is 6.18 Å². The predicted molar refractivity (Wildman–Crippen MR) is 85.3 cm³/mol. The van der Waals surface area contributed by atoms with E-state index in [9.17, 15) is 23.3 Å². The number of nitrogens with one attached hydrogen (secondary N) is 1. The fourth-order valence-corrected chi connectivity index (χ4v) is 2.43. The van der Waals surface area contributed by atoms with Gasteiger partial charge in [-0.25, -0.2) is 0 Å². The number of alkyl halides is 3. The molecule has 0 aliphatic rings. The van der Waals surface area contributed by atoms with Gasteiger partial charge in [-0.1, -0.05) is 23.2 Å². The largest absolute Gasteiger partial charge is 0.454 e. The number of benzene rings is 2. The van der Waals surface area contributed by atoms with Crippen molar-refractivity contribution in [2.24, 2.45) is 0 Å². The highest BCUT2D eigenvalue weighted by molar-refractivity contribution is 6.37. The summed E-state index contributed by atoms with van der Waals surface area (Å²) in [5.74, 6) is -0.165. The summed E-state index contributed by atoms with van der Waals surface area (Å²) in [6.45, 7) is 0. The highest BCUT2D eigenvalue weighted by Crippen LogP contribution is 2.42. The van der Waals surface area contributed by atoms with Crippen molar-refractivity contribution in [3.63, 3.8) is 0 Å². The first-order chi connectivity index (χ1) is 11.6. The lowest BCUT2D eigenvalue weighted by Crippen LogP contribution is -2.05. The van der Waals surface area contributed by atoms with Crippen LogP contribution in [-0.4, -0.2) is 12.0 Å². The van der Waals surface area contributed by atoms with Crippen molar-refractivity contribution in [1.82, 2.24) is 0 Å². The fraction of sp³-hybridized carbons (Fsp3) is 0.143. The van der Waals surface area contributed by atoms with Crippen LogP contribution in [0.4, 0.5) is 24.5 Å². The third kappa shape index (κ3) is 4.44. The quantitative estimate of drug-likeness (QED) is 0.519. The fourth-order valence-electron chi connectivity index (χ4n) is 1.87. The maximum Gasteiger partial charge on any atom is 0.416 e. The van der Waals surface area contributed by atoms with Crippen LogP contribution in [0.25, 0.3) is 0 Å². The molecule has 2 rings (SSSR count). The summed E-state index contributed by atoms with van der Waals surface area (Å²) in [7, 11) is 1.25. The van der Waals surface area contributed by atoms with Gasteiger partial charge in [0.2, 0.25) is 0 Å². The molecule has 0 aliphatic carbocycles. The summed E-state index contributed by atoms with van der Waals surface area (Å²) < 4.78 is 43.5. The maximum atomic E-state index is 12.7. The Morgan fingerprint density at radius 1 is 1.16 bits per heavy atom. The Kier molecular flexibility index (Phi) is 5.61. The van der Waals surface area contributed by atoms with E-state index in [1.54, 1.807) is 0 Å². The van der Waals surface area contributed by atoms with Gasteiger partial charge in [0.05, 0.1) is 27.6 Å². The van der Waals surface area contributed by atoms with Gasteiger partial charge in [-0.2, -0.15) is 13.2 Å². The van der Waals surface area contributed by atoms with Crippen LogP contribution >= 0.6 is 23.2 Å². The Morgan fingerprint density at radius 3 is 2.24 bits per heavy atom. The molecule has 25 heavy (non-hydrogen) atoms. The van der Waals surface area contributed by atoms with Crippen LogP contribution in [0.2, 0.25) is 10.0 Å². The molecule has 0 amide bonds. The molecule has 0 radical (unpaired) electrons. The summed E-state index contributed by atoms with van der Waals surface area (Å²) in [6, 6.07) is 4.92. The number of halogens is 5. The molecule has 134 valence electrons. The molecule has 0 fully saturated rings. The first kappa shape index (κ1) is 19.1. The third-order valence-corrected chi connectivity index (χ3v) is 3.48. The Labute approximate surface area is 149 Å². The second-order valence-corrected chi connectivity index (χ2v) is 5.43. The summed E-state index contributed by atoms with van der Waals surface area (Å²) in [4.78, 5) is 14.9. The molecule has 0 atom stereocenters. The van der Waals surface area contributed by atoms with E-state index in [1.165, 1.54) is 19.2 Å². The molecule has 0 unspecified atom stereocenters. The molecule has 0 bridgehead atoms. The van der Waals surface area contributed by atoms with Crippen LogP contribution < -0.4 is 10.2 Å². The SMILES string of the molecule is CONc1cc(Oc2c(Cl)cc(C(F)(F)F)cc2Cl)ccc1[N+](=O)[O-]. The zero-order valence-electron chi connectivity index (χ0n) is 12.4. The first-order valence-corrected chi connectivity index (χ1v) is 7.20. The van der Waals surface area contributed by atoms with E-state index in [4.69, 9.17) is 27.9 Å². The van der Waals surface area contributed by atoms with Gasteiger partial charge in [0, 0.05) is 12.1 Å².